The summed E-state index contributed by atoms with van der Waals surface area (Å²) in [7, 11) is 1.62. The maximum absolute atomic E-state index is 11.1. The Morgan fingerprint density at radius 3 is 3.00 bits per heavy atom. The van der Waals surface area contributed by atoms with Crippen molar-refractivity contribution in [1.82, 2.24) is 4.98 Å². The highest BCUT2D eigenvalue weighted by Crippen LogP contribution is 2.33. The monoisotopic (exact) mass is 327 g/mol. The number of carbonyl (C=O) groups is 1. The van der Waals surface area contributed by atoms with Gasteiger partial charge in [0.05, 0.1) is 11.5 Å². The topological polar surface area (TPSA) is 59.4 Å². The van der Waals surface area contributed by atoms with Crippen molar-refractivity contribution < 1.29 is 14.6 Å². The zero-order valence-corrected chi connectivity index (χ0v) is 11.9. The molecule has 0 fully saturated rings. The van der Waals surface area contributed by atoms with Gasteiger partial charge in [0.2, 0.25) is 0 Å². The van der Waals surface area contributed by atoms with Crippen LogP contribution in [0.3, 0.4) is 0 Å². The molecule has 1 N–H and O–H groups in total. The standard InChI is InChI=1S/C12H10BrNO3S/c1-17-6-7-3-2-4-8(5-7)10-9(11(15)16)14-12(13)18-10/h2-5H,6H2,1H3,(H,15,16). The van der Waals surface area contributed by atoms with E-state index in [2.05, 4.69) is 20.9 Å². The first-order valence-corrected chi connectivity index (χ1v) is 6.70. The molecule has 0 unspecified atom stereocenters. The number of aromatic carboxylic acids is 1. The van der Waals surface area contributed by atoms with E-state index in [1.54, 1.807) is 7.11 Å². The van der Waals surface area contributed by atoms with E-state index in [4.69, 9.17) is 9.84 Å². The lowest BCUT2D eigenvalue weighted by atomic mass is 10.1. The first-order chi connectivity index (χ1) is 8.61. The maximum atomic E-state index is 11.1. The molecule has 2 rings (SSSR count). The lowest BCUT2D eigenvalue weighted by Gasteiger charge is -2.03. The average Bonchev–Trinajstić information content (AvgIpc) is 2.72. The van der Waals surface area contributed by atoms with Crippen LogP contribution in [0.25, 0.3) is 10.4 Å². The van der Waals surface area contributed by atoms with Crippen LogP contribution in [-0.2, 0) is 11.3 Å². The first-order valence-electron chi connectivity index (χ1n) is 5.09. The minimum absolute atomic E-state index is 0.0708. The second-order valence-corrected chi connectivity index (χ2v) is 5.86. The fourth-order valence-corrected chi connectivity index (χ4v) is 3.05. The summed E-state index contributed by atoms with van der Waals surface area (Å²) < 4.78 is 5.63. The maximum Gasteiger partial charge on any atom is 0.356 e. The molecular weight excluding hydrogens is 318 g/mol. The smallest absolute Gasteiger partial charge is 0.356 e. The van der Waals surface area contributed by atoms with Gasteiger partial charge in [-0.1, -0.05) is 18.2 Å². The van der Waals surface area contributed by atoms with Gasteiger partial charge in [-0.3, -0.25) is 0 Å². The number of rotatable bonds is 4. The molecule has 6 heteroatoms. The molecule has 0 saturated carbocycles. The Morgan fingerprint density at radius 2 is 2.33 bits per heavy atom. The molecular formula is C12H10BrNO3S. The Morgan fingerprint density at radius 1 is 1.56 bits per heavy atom. The van der Waals surface area contributed by atoms with E-state index < -0.39 is 5.97 Å². The molecule has 1 aromatic heterocycles. The third-order valence-corrected chi connectivity index (χ3v) is 3.86. The van der Waals surface area contributed by atoms with Crippen molar-refractivity contribution >= 4 is 33.2 Å². The minimum Gasteiger partial charge on any atom is -0.476 e. The molecule has 0 aliphatic carbocycles. The van der Waals surface area contributed by atoms with Gasteiger partial charge in [0.15, 0.2) is 9.61 Å². The summed E-state index contributed by atoms with van der Waals surface area (Å²) in [5.41, 5.74) is 1.91. The molecule has 94 valence electrons. The quantitative estimate of drug-likeness (QED) is 0.934. The van der Waals surface area contributed by atoms with Crippen LogP contribution in [0, 0.1) is 0 Å². The van der Waals surface area contributed by atoms with Gasteiger partial charge < -0.3 is 9.84 Å². The number of halogens is 1. The van der Waals surface area contributed by atoms with Crippen LogP contribution in [0.2, 0.25) is 0 Å². The van der Waals surface area contributed by atoms with Gasteiger partial charge in [0, 0.05) is 7.11 Å². The highest BCUT2D eigenvalue weighted by molar-refractivity contribution is 9.11. The Kier molecular flexibility index (Phi) is 4.11. The normalized spacial score (nSPS) is 10.6. The second-order valence-electron chi connectivity index (χ2n) is 3.58. The van der Waals surface area contributed by atoms with Crippen molar-refractivity contribution in [3.05, 3.63) is 39.4 Å². The SMILES string of the molecule is COCc1cccc(-c2sc(Br)nc2C(=O)O)c1. The molecule has 2 aromatic rings. The summed E-state index contributed by atoms with van der Waals surface area (Å²) in [5, 5.41) is 9.11. The van der Waals surface area contributed by atoms with Crippen molar-refractivity contribution in [2.24, 2.45) is 0 Å². The Bertz CT molecular complexity index is 582. The molecule has 0 bridgehead atoms. The first kappa shape index (κ1) is 13.2. The third kappa shape index (κ3) is 2.77. The molecule has 4 nitrogen and oxygen atoms in total. The molecule has 18 heavy (non-hydrogen) atoms. The van der Waals surface area contributed by atoms with Crippen LogP contribution in [0.4, 0.5) is 0 Å². The van der Waals surface area contributed by atoms with Gasteiger partial charge in [-0.25, -0.2) is 9.78 Å². The second kappa shape index (κ2) is 5.60. The van der Waals surface area contributed by atoms with Gasteiger partial charge in [-0.05, 0) is 33.1 Å². The zero-order valence-electron chi connectivity index (χ0n) is 9.51. The van der Waals surface area contributed by atoms with Crippen molar-refractivity contribution in [2.45, 2.75) is 6.61 Å². The van der Waals surface area contributed by atoms with Gasteiger partial charge in [0.25, 0.3) is 0 Å². The minimum atomic E-state index is -1.02. The summed E-state index contributed by atoms with van der Waals surface area (Å²) in [6.45, 7) is 0.496. The van der Waals surface area contributed by atoms with Crippen LogP contribution < -0.4 is 0 Å². The van der Waals surface area contributed by atoms with Crippen molar-refractivity contribution in [1.29, 1.82) is 0 Å². The van der Waals surface area contributed by atoms with Crippen molar-refractivity contribution in [3.63, 3.8) is 0 Å². The number of aromatic nitrogens is 1. The van der Waals surface area contributed by atoms with Gasteiger partial charge in [-0.2, -0.15) is 0 Å². The number of carboxylic acids is 1. The Balaban J connectivity index is 2.47. The van der Waals surface area contributed by atoms with E-state index in [-0.39, 0.29) is 5.69 Å². The van der Waals surface area contributed by atoms with Crippen molar-refractivity contribution in [2.75, 3.05) is 7.11 Å². The molecule has 0 spiro atoms. The number of nitrogens with zero attached hydrogens (tertiary/aromatic N) is 1. The van der Waals surface area contributed by atoms with E-state index >= 15 is 0 Å². The number of thiazole rings is 1. The van der Waals surface area contributed by atoms with Crippen LogP contribution in [0.15, 0.2) is 28.2 Å². The average molecular weight is 328 g/mol. The fraction of sp³-hybridized carbons (Fsp3) is 0.167. The number of benzene rings is 1. The largest absolute Gasteiger partial charge is 0.476 e. The zero-order chi connectivity index (χ0) is 13.1. The predicted molar refractivity (Wildman–Crippen MR) is 72.9 cm³/mol. The molecule has 0 aliphatic heterocycles. The molecule has 0 aliphatic rings. The van der Waals surface area contributed by atoms with E-state index in [0.717, 1.165) is 11.1 Å². The van der Waals surface area contributed by atoms with Crippen molar-refractivity contribution in [3.8, 4) is 10.4 Å². The summed E-state index contributed by atoms with van der Waals surface area (Å²) in [5.74, 6) is -1.02. The molecule has 0 amide bonds. The Hall–Kier alpha value is -1.24. The molecule has 0 radical (unpaired) electrons. The number of methoxy groups -OCH3 is 1. The number of hydrogen-bond donors (Lipinski definition) is 1. The third-order valence-electron chi connectivity index (χ3n) is 2.30. The predicted octanol–water partition coefficient (Wildman–Crippen LogP) is 3.42. The number of ether oxygens (including phenoxy) is 1. The highest BCUT2D eigenvalue weighted by atomic mass is 79.9. The van der Waals surface area contributed by atoms with E-state index in [0.29, 0.717) is 15.4 Å². The molecule has 0 saturated heterocycles. The summed E-state index contributed by atoms with van der Waals surface area (Å²) >= 11 is 4.52. The summed E-state index contributed by atoms with van der Waals surface area (Å²) in [4.78, 5) is 15.7. The lowest BCUT2D eigenvalue weighted by molar-refractivity contribution is 0.0692. The summed E-state index contributed by atoms with van der Waals surface area (Å²) in [6.07, 6.45) is 0. The van der Waals surface area contributed by atoms with Crippen LogP contribution >= 0.6 is 27.3 Å². The lowest BCUT2D eigenvalue weighted by Crippen LogP contribution is -1.98. The summed E-state index contributed by atoms with van der Waals surface area (Å²) in [6, 6.07) is 7.59. The number of carboxylic acid groups (broad SMARTS) is 1. The highest BCUT2D eigenvalue weighted by Gasteiger charge is 2.17. The van der Waals surface area contributed by atoms with Gasteiger partial charge in [0.1, 0.15) is 0 Å². The molecule has 1 heterocycles. The van der Waals surface area contributed by atoms with Crippen LogP contribution in [0.1, 0.15) is 16.1 Å². The molecule has 1 aromatic carbocycles. The van der Waals surface area contributed by atoms with Gasteiger partial charge >= 0.3 is 5.97 Å². The van der Waals surface area contributed by atoms with Gasteiger partial charge in [-0.15, -0.1) is 11.3 Å². The fourth-order valence-electron chi connectivity index (χ4n) is 1.60. The molecule has 0 atom stereocenters. The Labute approximate surface area is 116 Å². The van der Waals surface area contributed by atoms with E-state index in [9.17, 15) is 4.79 Å². The van der Waals surface area contributed by atoms with E-state index in [1.807, 2.05) is 24.3 Å². The van der Waals surface area contributed by atoms with Crippen LogP contribution in [0.5, 0.6) is 0 Å². The van der Waals surface area contributed by atoms with E-state index in [1.165, 1.54) is 11.3 Å². The number of hydrogen-bond acceptors (Lipinski definition) is 4. The van der Waals surface area contributed by atoms with Crippen LogP contribution in [-0.4, -0.2) is 23.2 Å².